The van der Waals surface area contributed by atoms with Gasteiger partial charge in [0.1, 0.15) is 0 Å². The summed E-state index contributed by atoms with van der Waals surface area (Å²) in [5.41, 5.74) is 10.1. The van der Waals surface area contributed by atoms with E-state index in [9.17, 15) is 0 Å². The quantitative estimate of drug-likeness (QED) is 0.344. The van der Waals surface area contributed by atoms with Crippen LogP contribution in [0.5, 0.6) is 0 Å². The van der Waals surface area contributed by atoms with Crippen LogP contribution in [0.3, 0.4) is 0 Å². The van der Waals surface area contributed by atoms with Gasteiger partial charge in [-0.15, -0.1) is 0 Å². The van der Waals surface area contributed by atoms with E-state index in [1.807, 2.05) is 0 Å². The molecule has 8 N–H and O–H groups in total. The molecule has 0 saturated heterocycles. The number of carboxylic acid groups (broad SMARTS) is 4. The molecule has 10 nitrogen and oxygen atoms in total. The Balaban J connectivity index is -0.0000000361. The normalized spacial score (nSPS) is 6.45. The van der Waals surface area contributed by atoms with Crippen molar-refractivity contribution in [3.05, 3.63) is 0 Å². The first-order chi connectivity index (χ1) is 9.34. The maximum atomic E-state index is 9.00. The van der Waals surface area contributed by atoms with Crippen LogP contribution in [0.1, 0.15) is 34.1 Å². The molecular weight excluding hydrogens is 327 g/mol. The molecular formula is C11H26KN2O8. The number of aliphatic carboxylic acids is 4. The predicted molar refractivity (Wildman–Crippen MR) is 81.7 cm³/mol. The molecule has 0 atom stereocenters. The minimum atomic E-state index is -0.833. The first-order valence-electron chi connectivity index (χ1n) is 5.53. The summed E-state index contributed by atoms with van der Waals surface area (Å²) in [6, 6.07) is 0. The van der Waals surface area contributed by atoms with Crippen LogP contribution in [0, 0.1) is 0 Å². The average Bonchev–Trinajstić information content (AvgIpc) is 2.14. The second kappa shape index (κ2) is 37.0. The molecule has 0 spiro atoms. The maximum absolute atomic E-state index is 9.00. The molecule has 0 bridgehead atoms. The predicted octanol–water partition coefficient (Wildman–Crippen LogP) is -0.723. The molecule has 0 aliphatic rings. The minimum Gasteiger partial charge on any atom is -0.481 e. The van der Waals surface area contributed by atoms with Gasteiger partial charge in [-0.25, -0.2) is 0 Å². The summed E-state index contributed by atoms with van der Waals surface area (Å²) in [6.07, 6.45) is 0.944. The second-order valence-electron chi connectivity index (χ2n) is 3.01. The summed E-state index contributed by atoms with van der Waals surface area (Å²) in [5.74, 6) is -3.33. The largest absolute Gasteiger partial charge is 0.481 e. The summed E-state index contributed by atoms with van der Waals surface area (Å²) in [5, 5.41) is 29.7. The van der Waals surface area contributed by atoms with Gasteiger partial charge in [-0.3, -0.25) is 19.2 Å². The first kappa shape index (κ1) is 37.6. The molecule has 0 fully saturated rings. The standard InChI is InChI=1S/C3H10N2.4C2H4O2.K/c4-2-1-3-5;4*1-2(3)4;/h1-5H2;4*1H3,(H,3,4);. The van der Waals surface area contributed by atoms with Crippen LogP contribution in [-0.4, -0.2) is 109 Å². The maximum Gasteiger partial charge on any atom is 0.300 e. The van der Waals surface area contributed by atoms with Gasteiger partial charge in [0.15, 0.2) is 0 Å². The zero-order valence-corrected chi connectivity index (χ0v) is 16.8. The zero-order chi connectivity index (χ0) is 18.4. The van der Waals surface area contributed by atoms with Gasteiger partial charge < -0.3 is 31.9 Å². The third-order valence-electron chi connectivity index (χ3n) is 0.408. The molecule has 22 heavy (non-hydrogen) atoms. The van der Waals surface area contributed by atoms with E-state index in [2.05, 4.69) is 0 Å². The van der Waals surface area contributed by atoms with Crippen LogP contribution in [0.2, 0.25) is 0 Å². The monoisotopic (exact) mass is 353 g/mol. The van der Waals surface area contributed by atoms with E-state index in [1.54, 1.807) is 0 Å². The van der Waals surface area contributed by atoms with E-state index in [0.29, 0.717) is 0 Å². The van der Waals surface area contributed by atoms with E-state index >= 15 is 0 Å². The molecule has 0 unspecified atom stereocenters. The summed E-state index contributed by atoms with van der Waals surface area (Å²) in [4.78, 5) is 36.0. The van der Waals surface area contributed by atoms with E-state index < -0.39 is 23.9 Å². The first-order valence-corrected chi connectivity index (χ1v) is 5.53. The van der Waals surface area contributed by atoms with Gasteiger partial charge in [-0.1, -0.05) is 0 Å². The van der Waals surface area contributed by atoms with Crippen molar-refractivity contribution < 1.29 is 39.6 Å². The van der Waals surface area contributed by atoms with Crippen molar-refractivity contribution in [2.24, 2.45) is 11.5 Å². The summed E-state index contributed by atoms with van der Waals surface area (Å²) in [7, 11) is 0. The second-order valence-corrected chi connectivity index (χ2v) is 3.01. The van der Waals surface area contributed by atoms with Crippen LogP contribution >= 0.6 is 0 Å². The number of hydrogen-bond acceptors (Lipinski definition) is 6. The van der Waals surface area contributed by atoms with Gasteiger partial charge in [0.25, 0.3) is 23.9 Å². The van der Waals surface area contributed by atoms with Crippen molar-refractivity contribution in [2.45, 2.75) is 34.1 Å². The van der Waals surface area contributed by atoms with Gasteiger partial charge in [-0.2, -0.15) is 0 Å². The smallest absolute Gasteiger partial charge is 0.300 e. The molecule has 0 aliphatic carbocycles. The average molecular weight is 353 g/mol. The van der Waals surface area contributed by atoms with Crippen molar-refractivity contribution in [3.8, 4) is 0 Å². The number of carboxylic acids is 4. The SMILES string of the molecule is CC(=O)O.CC(=O)O.CC(=O)O.CC(=O)O.NCCCN.[K]. The Bertz CT molecular complexity index is 209. The van der Waals surface area contributed by atoms with Crippen molar-refractivity contribution in [1.82, 2.24) is 0 Å². The van der Waals surface area contributed by atoms with Gasteiger partial charge in [0.05, 0.1) is 0 Å². The molecule has 0 aliphatic heterocycles. The number of rotatable bonds is 2. The number of carbonyl (C=O) groups is 4. The number of nitrogens with two attached hydrogens (primary N) is 2. The Morgan fingerprint density at radius 1 is 0.636 bits per heavy atom. The van der Waals surface area contributed by atoms with Gasteiger partial charge in [0.2, 0.25) is 0 Å². The van der Waals surface area contributed by atoms with Gasteiger partial charge in [-0.05, 0) is 19.5 Å². The van der Waals surface area contributed by atoms with Crippen LogP contribution in [-0.2, 0) is 19.2 Å². The topological polar surface area (TPSA) is 201 Å². The minimum absolute atomic E-state index is 0. The Morgan fingerprint density at radius 3 is 0.727 bits per heavy atom. The Kier molecular flexibility index (Phi) is 63.3. The van der Waals surface area contributed by atoms with E-state index in [0.717, 1.165) is 47.2 Å². The summed E-state index contributed by atoms with van der Waals surface area (Å²) in [6.45, 7) is 5.77. The molecule has 0 saturated carbocycles. The van der Waals surface area contributed by atoms with Crippen molar-refractivity contribution in [3.63, 3.8) is 0 Å². The summed E-state index contributed by atoms with van der Waals surface area (Å²) < 4.78 is 0. The van der Waals surface area contributed by atoms with E-state index in [1.165, 1.54) is 0 Å². The Morgan fingerprint density at radius 2 is 0.727 bits per heavy atom. The fourth-order valence-electron chi connectivity index (χ4n) is 0.118. The van der Waals surface area contributed by atoms with Crippen molar-refractivity contribution >= 4 is 75.3 Å². The van der Waals surface area contributed by atoms with Gasteiger partial charge in [0, 0.05) is 79.1 Å². The third kappa shape index (κ3) is 3200. The Labute approximate surface area is 172 Å². The van der Waals surface area contributed by atoms with Crippen molar-refractivity contribution in [2.75, 3.05) is 13.1 Å². The number of hydrogen-bond donors (Lipinski definition) is 6. The van der Waals surface area contributed by atoms with E-state index in [-0.39, 0.29) is 51.4 Å². The van der Waals surface area contributed by atoms with Crippen LogP contribution in [0.25, 0.3) is 0 Å². The molecule has 0 amide bonds. The van der Waals surface area contributed by atoms with Crippen LogP contribution < -0.4 is 11.5 Å². The molecule has 1 radical (unpaired) electrons. The zero-order valence-electron chi connectivity index (χ0n) is 13.7. The van der Waals surface area contributed by atoms with Crippen molar-refractivity contribution in [1.29, 1.82) is 0 Å². The molecule has 0 heterocycles. The Hall–Kier alpha value is -0.564. The fraction of sp³-hybridized carbons (Fsp3) is 0.636. The molecule has 0 aromatic heterocycles. The molecule has 129 valence electrons. The fourth-order valence-corrected chi connectivity index (χ4v) is 0.118. The molecule has 0 rings (SSSR count). The molecule has 11 heteroatoms. The van der Waals surface area contributed by atoms with Gasteiger partial charge >= 0.3 is 0 Å². The van der Waals surface area contributed by atoms with E-state index in [4.69, 9.17) is 51.1 Å². The molecule has 0 aromatic carbocycles. The van der Waals surface area contributed by atoms with Crippen LogP contribution in [0.4, 0.5) is 0 Å². The third-order valence-corrected chi connectivity index (χ3v) is 0.408. The summed E-state index contributed by atoms with van der Waals surface area (Å²) >= 11 is 0. The molecule has 0 aromatic rings. The van der Waals surface area contributed by atoms with Crippen LogP contribution in [0.15, 0.2) is 0 Å².